The van der Waals surface area contributed by atoms with Gasteiger partial charge in [0.05, 0.1) is 11.9 Å². The Morgan fingerprint density at radius 1 is 1.50 bits per heavy atom. The van der Waals surface area contributed by atoms with E-state index in [0.717, 1.165) is 10.4 Å². The van der Waals surface area contributed by atoms with Crippen LogP contribution in [0, 0.1) is 6.92 Å². The second-order valence-electron chi connectivity index (χ2n) is 3.72. The quantitative estimate of drug-likeness (QED) is 0.894. The summed E-state index contributed by atoms with van der Waals surface area (Å²) in [7, 11) is -3.55. The van der Waals surface area contributed by atoms with Crippen LogP contribution in [-0.2, 0) is 16.6 Å². The second-order valence-corrected chi connectivity index (χ2v) is 6.77. The lowest BCUT2D eigenvalue weighted by Crippen LogP contribution is -2.11. The molecule has 2 aromatic rings. The lowest BCUT2D eigenvalue weighted by Gasteiger charge is -2.04. The van der Waals surface area contributed by atoms with E-state index in [0.29, 0.717) is 12.2 Å². The minimum atomic E-state index is -3.55. The molecule has 0 radical (unpaired) electrons. The lowest BCUT2D eigenvalue weighted by atomic mass is 10.3. The summed E-state index contributed by atoms with van der Waals surface area (Å²) in [5.74, 6) is 0. The number of nitrogens with two attached hydrogens (primary N) is 1. The first kappa shape index (κ1) is 13.0. The average Bonchev–Trinajstić information content (AvgIpc) is 2.72. The highest BCUT2D eigenvalue weighted by atomic mass is 32.2. The maximum absolute atomic E-state index is 12.1. The van der Waals surface area contributed by atoms with Crippen LogP contribution in [0.1, 0.15) is 10.4 Å². The standard InChI is InChI=1S/C11H13N3O2S2/c1-8-5-11(17-10(8)6-12)18(15,16)14-9-3-2-4-13-7-9/h2-5,7,14H,6,12H2,1H3. The van der Waals surface area contributed by atoms with Crippen LogP contribution >= 0.6 is 11.3 Å². The predicted octanol–water partition coefficient (Wildman–Crippen LogP) is 1.71. The van der Waals surface area contributed by atoms with Crippen molar-refractivity contribution in [2.45, 2.75) is 17.7 Å². The average molecular weight is 283 g/mol. The van der Waals surface area contributed by atoms with Crippen LogP contribution in [0.4, 0.5) is 5.69 Å². The van der Waals surface area contributed by atoms with Gasteiger partial charge in [-0.25, -0.2) is 8.42 Å². The first-order valence-electron chi connectivity index (χ1n) is 5.25. The Balaban J connectivity index is 2.31. The number of thiophene rings is 1. The summed E-state index contributed by atoms with van der Waals surface area (Å²) >= 11 is 1.19. The molecule has 0 aliphatic heterocycles. The van der Waals surface area contributed by atoms with Crippen LogP contribution in [0.25, 0.3) is 0 Å². The molecule has 7 heteroatoms. The monoisotopic (exact) mass is 283 g/mol. The van der Waals surface area contributed by atoms with Gasteiger partial charge in [-0.05, 0) is 30.7 Å². The van der Waals surface area contributed by atoms with Crippen molar-refractivity contribution in [3.8, 4) is 0 Å². The Labute approximate surface area is 110 Å². The molecular formula is C11H13N3O2S2. The molecular weight excluding hydrogens is 270 g/mol. The fourth-order valence-corrected chi connectivity index (χ4v) is 3.96. The summed E-state index contributed by atoms with van der Waals surface area (Å²) in [6, 6.07) is 4.95. The van der Waals surface area contributed by atoms with Crippen molar-refractivity contribution in [1.29, 1.82) is 0 Å². The maximum Gasteiger partial charge on any atom is 0.271 e. The van der Waals surface area contributed by atoms with Gasteiger partial charge in [0.2, 0.25) is 0 Å². The molecule has 0 bridgehead atoms. The van der Waals surface area contributed by atoms with Gasteiger partial charge >= 0.3 is 0 Å². The van der Waals surface area contributed by atoms with Crippen LogP contribution in [0.3, 0.4) is 0 Å². The van der Waals surface area contributed by atoms with Crippen molar-refractivity contribution in [3.63, 3.8) is 0 Å². The Bertz CT molecular complexity index is 636. The second kappa shape index (κ2) is 5.05. The fourth-order valence-electron chi connectivity index (χ4n) is 1.45. The van der Waals surface area contributed by atoms with Crippen LogP contribution < -0.4 is 10.5 Å². The Morgan fingerprint density at radius 2 is 2.28 bits per heavy atom. The number of pyridine rings is 1. The third-order valence-electron chi connectivity index (χ3n) is 2.36. The molecule has 0 aliphatic carbocycles. The minimum Gasteiger partial charge on any atom is -0.326 e. The van der Waals surface area contributed by atoms with Crippen LogP contribution in [0.2, 0.25) is 0 Å². The molecule has 0 atom stereocenters. The number of rotatable bonds is 4. The zero-order chi connectivity index (χ0) is 13.2. The predicted molar refractivity (Wildman–Crippen MR) is 72.0 cm³/mol. The van der Waals surface area contributed by atoms with Crippen LogP contribution in [0.5, 0.6) is 0 Å². The van der Waals surface area contributed by atoms with Crippen molar-refractivity contribution < 1.29 is 8.42 Å². The van der Waals surface area contributed by atoms with Crippen molar-refractivity contribution in [2.75, 3.05) is 4.72 Å². The normalized spacial score (nSPS) is 11.4. The SMILES string of the molecule is Cc1cc(S(=O)(=O)Nc2cccnc2)sc1CN. The summed E-state index contributed by atoms with van der Waals surface area (Å²) in [5.41, 5.74) is 6.88. The topological polar surface area (TPSA) is 85.1 Å². The summed E-state index contributed by atoms with van der Waals surface area (Å²) in [6.07, 6.45) is 3.04. The third-order valence-corrected chi connectivity index (χ3v) is 5.48. The van der Waals surface area contributed by atoms with Gasteiger partial charge in [-0.2, -0.15) is 0 Å². The van der Waals surface area contributed by atoms with E-state index in [1.807, 2.05) is 6.92 Å². The highest BCUT2D eigenvalue weighted by Gasteiger charge is 2.18. The van der Waals surface area contributed by atoms with E-state index in [1.54, 1.807) is 24.4 Å². The number of hydrogen-bond acceptors (Lipinski definition) is 5. The maximum atomic E-state index is 12.1. The molecule has 0 amide bonds. The first-order valence-corrected chi connectivity index (χ1v) is 7.55. The highest BCUT2D eigenvalue weighted by Crippen LogP contribution is 2.27. The Hall–Kier alpha value is -1.44. The highest BCUT2D eigenvalue weighted by molar-refractivity contribution is 7.94. The molecule has 0 aromatic carbocycles. The van der Waals surface area contributed by atoms with E-state index < -0.39 is 10.0 Å². The number of sulfonamides is 1. The van der Waals surface area contributed by atoms with Gasteiger partial charge in [0.25, 0.3) is 10.0 Å². The molecule has 2 heterocycles. The molecule has 0 spiro atoms. The molecule has 0 saturated carbocycles. The van der Waals surface area contributed by atoms with Gasteiger partial charge in [-0.3, -0.25) is 9.71 Å². The van der Waals surface area contributed by atoms with Gasteiger partial charge in [0, 0.05) is 17.6 Å². The molecule has 18 heavy (non-hydrogen) atoms. The third kappa shape index (κ3) is 2.69. The van der Waals surface area contributed by atoms with E-state index in [4.69, 9.17) is 5.73 Å². The van der Waals surface area contributed by atoms with E-state index in [2.05, 4.69) is 9.71 Å². The Morgan fingerprint density at radius 3 is 2.83 bits per heavy atom. The molecule has 96 valence electrons. The van der Waals surface area contributed by atoms with E-state index in [9.17, 15) is 8.42 Å². The largest absolute Gasteiger partial charge is 0.326 e. The first-order chi connectivity index (χ1) is 8.53. The van der Waals surface area contributed by atoms with Gasteiger partial charge < -0.3 is 5.73 Å². The van der Waals surface area contributed by atoms with E-state index in [-0.39, 0.29) is 4.21 Å². The van der Waals surface area contributed by atoms with Crippen molar-refractivity contribution in [2.24, 2.45) is 5.73 Å². The summed E-state index contributed by atoms with van der Waals surface area (Å²) in [5, 5.41) is 0. The van der Waals surface area contributed by atoms with Gasteiger partial charge in [0.15, 0.2) is 0 Å². The zero-order valence-electron chi connectivity index (χ0n) is 9.75. The Kier molecular flexibility index (Phi) is 3.65. The molecule has 0 unspecified atom stereocenters. The van der Waals surface area contributed by atoms with Crippen molar-refractivity contribution in [1.82, 2.24) is 4.98 Å². The molecule has 0 fully saturated rings. The molecule has 2 rings (SSSR count). The number of aromatic nitrogens is 1. The number of nitrogens with one attached hydrogen (secondary N) is 1. The molecule has 0 aliphatic rings. The number of hydrogen-bond donors (Lipinski definition) is 2. The number of anilines is 1. The van der Waals surface area contributed by atoms with Crippen molar-refractivity contribution >= 4 is 27.0 Å². The molecule has 0 saturated heterocycles. The summed E-state index contributed by atoms with van der Waals surface area (Å²) in [4.78, 5) is 4.73. The smallest absolute Gasteiger partial charge is 0.271 e. The molecule has 3 N–H and O–H groups in total. The number of aryl methyl sites for hydroxylation is 1. The van der Waals surface area contributed by atoms with E-state index >= 15 is 0 Å². The van der Waals surface area contributed by atoms with Crippen LogP contribution in [0.15, 0.2) is 34.8 Å². The summed E-state index contributed by atoms with van der Waals surface area (Å²) < 4.78 is 27.0. The minimum absolute atomic E-state index is 0.268. The van der Waals surface area contributed by atoms with Gasteiger partial charge in [-0.15, -0.1) is 11.3 Å². The fraction of sp³-hybridized carbons (Fsp3) is 0.182. The van der Waals surface area contributed by atoms with Gasteiger partial charge in [-0.1, -0.05) is 0 Å². The molecule has 2 aromatic heterocycles. The van der Waals surface area contributed by atoms with E-state index in [1.165, 1.54) is 17.5 Å². The zero-order valence-corrected chi connectivity index (χ0v) is 11.4. The number of nitrogens with zero attached hydrogens (tertiary/aromatic N) is 1. The molecule has 5 nitrogen and oxygen atoms in total. The summed E-state index contributed by atoms with van der Waals surface area (Å²) in [6.45, 7) is 2.20. The van der Waals surface area contributed by atoms with Crippen LogP contribution in [-0.4, -0.2) is 13.4 Å². The lowest BCUT2D eigenvalue weighted by molar-refractivity contribution is 0.603. The van der Waals surface area contributed by atoms with Crippen molar-refractivity contribution in [3.05, 3.63) is 41.0 Å². The van der Waals surface area contributed by atoms with Gasteiger partial charge in [0.1, 0.15) is 4.21 Å².